The summed E-state index contributed by atoms with van der Waals surface area (Å²) in [5.74, 6) is -2.37. The molecule has 0 radical (unpaired) electrons. The highest BCUT2D eigenvalue weighted by atomic mass is 16.5. The van der Waals surface area contributed by atoms with Crippen molar-refractivity contribution in [1.29, 1.82) is 0 Å². The second-order valence-electron chi connectivity index (χ2n) is 7.45. The SMILES string of the molecule is C=C[C@H](NC(=O)CN)C(=O)NCCCOCCOCCOCCCNC(=O)CC[C@H](C)C(=O)O. The van der Waals surface area contributed by atoms with Crippen molar-refractivity contribution in [2.45, 2.75) is 38.6 Å². The van der Waals surface area contributed by atoms with Gasteiger partial charge in [0.2, 0.25) is 17.7 Å². The molecule has 0 aromatic heterocycles. The molecule has 3 amide bonds. The number of nitrogens with one attached hydrogen (secondary N) is 3. The standard InChI is InChI=1S/C22H40N4O8/c1-3-18(26-20(28)16-23)21(29)25-9-5-11-33-13-15-34-14-12-32-10-4-8-24-19(27)7-6-17(2)22(30)31/h3,17-18H,1,4-16,23H2,2H3,(H,24,27)(H,25,29)(H,26,28)(H,30,31)/t17-,18-/m0/s1. The van der Waals surface area contributed by atoms with Gasteiger partial charge in [0, 0.05) is 32.7 Å². The van der Waals surface area contributed by atoms with Crippen LogP contribution in [0.15, 0.2) is 12.7 Å². The van der Waals surface area contributed by atoms with Crippen molar-refractivity contribution in [3.05, 3.63) is 12.7 Å². The first-order chi connectivity index (χ1) is 16.3. The molecule has 2 atom stereocenters. The van der Waals surface area contributed by atoms with Crippen molar-refractivity contribution < 1.29 is 38.5 Å². The predicted molar refractivity (Wildman–Crippen MR) is 125 cm³/mol. The third-order valence-electron chi connectivity index (χ3n) is 4.54. The number of ether oxygens (including phenoxy) is 3. The maximum absolute atomic E-state index is 11.9. The Morgan fingerprint density at radius 1 is 0.912 bits per heavy atom. The number of hydrogen-bond donors (Lipinski definition) is 5. The first kappa shape index (κ1) is 31.5. The summed E-state index contributed by atoms with van der Waals surface area (Å²) in [5.41, 5.74) is 5.20. The van der Waals surface area contributed by atoms with E-state index >= 15 is 0 Å². The Morgan fingerprint density at radius 3 is 1.94 bits per heavy atom. The maximum atomic E-state index is 11.9. The molecule has 0 rings (SSSR count). The third-order valence-corrected chi connectivity index (χ3v) is 4.54. The quantitative estimate of drug-likeness (QED) is 0.0961. The molecule has 0 saturated carbocycles. The molecular formula is C22H40N4O8. The fourth-order valence-electron chi connectivity index (χ4n) is 2.46. The maximum Gasteiger partial charge on any atom is 0.306 e. The highest BCUT2D eigenvalue weighted by molar-refractivity contribution is 5.89. The number of aliphatic carboxylic acids is 1. The lowest BCUT2D eigenvalue weighted by molar-refractivity contribution is -0.141. The molecule has 0 aliphatic rings. The van der Waals surface area contributed by atoms with E-state index < -0.39 is 23.8 Å². The molecule has 12 heteroatoms. The van der Waals surface area contributed by atoms with E-state index in [1.807, 2.05) is 0 Å². The smallest absolute Gasteiger partial charge is 0.306 e. The molecule has 196 valence electrons. The summed E-state index contributed by atoms with van der Waals surface area (Å²) in [4.78, 5) is 45.4. The monoisotopic (exact) mass is 488 g/mol. The normalized spacial score (nSPS) is 12.4. The van der Waals surface area contributed by atoms with Crippen molar-refractivity contribution in [2.75, 3.05) is 59.3 Å². The van der Waals surface area contributed by atoms with E-state index in [0.29, 0.717) is 72.0 Å². The molecule has 0 heterocycles. The topological polar surface area (TPSA) is 178 Å². The molecular weight excluding hydrogens is 448 g/mol. The van der Waals surface area contributed by atoms with Gasteiger partial charge in [-0.2, -0.15) is 0 Å². The van der Waals surface area contributed by atoms with Gasteiger partial charge in [0.1, 0.15) is 6.04 Å². The van der Waals surface area contributed by atoms with E-state index in [2.05, 4.69) is 22.5 Å². The van der Waals surface area contributed by atoms with E-state index in [0.717, 1.165) is 0 Å². The van der Waals surface area contributed by atoms with Gasteiger partial charge in [-0.1, -0.05) is 13.0 Å². The second-order valence-corrected chi connectivity index (χ2v) is 7.45. The zero-order valence-electron chi connectivity index (χ0n) is 20.0. The van der Waals surface area contributed by atoms with Gasteiger partial charge < -0.3 is 41.0 Å². The average molecular weight is 489 g/mol. The van der Waals surface area contributed by atoms with Crippen molar-refractivity contribution >= 4 is 23.7 Å². The van der Waals surface area contributed by atoms with Crippen molar-refractivity contribution in [3.63, 3.8) is 0 Å². The molecule has 0 spiro atoms. The van der Waals surface area contributed by atoms with Crippen LogP contribution in [0.2, 0.25) is 0 Å². The van der Waals surface area contributed by atoms with Crippen LogP contribution in [-0.4, -0.2) is 94.1 Å². The van der Waals surface area contributed by atoms with Crippen LogP contribution < -0.4 is 21.7 Å². The molecule has 0 aliphatic carbocycles. The van der Waals surface area contributed by atoms with Gasteiger partial charge in [-0.25, -0.2) is 0 Å². The summed E-state index contributed by atoms with van der Waals surface area (Å²) in [6, 6.07) is -0.814. The van der Waals surface area contributed by atoms with E-state index in [1.54, 1.807) is 6.92 Å². The Bertz CT molecular complexity index is 618. The minimum Gasteiger partial charge on any atom is -0.481 e. The molecule has 12 nitrogen and oxygen atoms in total. The zero-order valence-corrected chi connectivity index (χ0v) is 20.0. The minimum atomic E-state index is -0.897. The zero-order chi connectivity index (χ0) is 25.6. The van der Waals surface area contributed by atoms with Crippen LogP contribution in [0.25, 0.3) is 0 Å². The van der Waals surface area contributed by atoms with Crippen LogP contribution in [0.1, 0.15) is 32.6 Å². The first-order valence-electron chi connectivity index (χ1n) is 11.4. The van der Waals surface area contributed by atoms with Gasteiger partial charge >= 0.3 is 5.97 Å². The number of hydrogen-bond acceptors (Lipinski definition) is 8. The number of carboxylic acids is 1. The lowest BCUT2D eigenvalue weighted by Crippen LogP contribution is -2.47. The number of amides is 3. The summed E-state index contributed by atoms with van der Waals surface area (Å²) >= 11 is 0. The fourth-order valence-corrected chi connectivity index (χ4v) is 2.46. The van der Waals surface area contributed by atoms with Crippen LogP contribution in [0.3, 0.4) is 0 Å². The number of carboxylic acid groups (broad SMARTS) is 1. The van der Waals surface area contributed by atoms with E-state index in [1.165, 1.54) is 6.08 Å². The number of rotatable bonds is 22. The Kier molecular flexibility index (Phi) is 19.5. The average Bonchev–Trinajstić information content (AvgIpc) is 2.82. The van der Waals surface area contributed by atoms with Crippen LogP contribution >= 0.6 is 0 Å². The molecule has 6 N–H and O–H groups in total. The third kappa shape index (κ3) is 18.0. The first-order valence-corrected chi connectivity index (χ1v) is 11.4. The highest BCUT2D eigenvalue weighted by Gasteiger charge is 2.15. The molecule has 0 aromatic carbocycles. The van der Waals surface area contributed by atoms with Gasteiger partial charge in [-0.05, 0) is 19.3 Å². The molecule has 0 unspecified atom stereocenters. The van der Waals surface area contributed by atoms with Gasteiger partial charge in [0.05, 0.1) is 38.9 Å². The summed E-state index contributed by atoms with van der Waals surface area (Å²) in [6.45, 7) is 8.41. The predicted octanol–water partition coefficient (Wildman–Crippen LogP) is -0.821. The molecule has 34 heavy (non-hydrogen) atoms. The molecule has 0 bridgehead atoms. The van der Waals surface area contributed by atoms with Crippen LogP contribution in [0, 0.1) is 5.92 Å². The molecule has 0 saturated heterocycles. The number of carbonyl (C=O) groups is 4. The Morgan fingerprint density at radius 2 is 1.44 bits per heavy atom. The van der Waals surface area contributed by atoms with Crippen LogP contribution in [0.5, 0.6) is 0 Å². The fraction of sp³-hybridized carbons (Fsp3) is 0.727. The Balaban J connectivity index is 3.43. The van der Waals surface area contributed by atoms with Crippen LogP contribution in [-0.2, 0) is 33.4 Å². The van der Waals surface area contributed by atoms with Gasteiger partial charge in [-0.15, -0.1) is 6.58 Å². The number of carbonyl (C=O) groups excluding carboxylic acids is 3. The van der Waals surface area contributed by atoms with E-state index in [4.69, 9.17) is 25.1 Å². The molecule has 0 aromatic rings. The molecule has 0 fully saturated rings. The second kappa shape index (κ2) is 21.0. The Labute approximate surface area is 200 Å². The summed E-state index contributed by atoms with van der Waals surface area (Å²) in [7, 11) is 0. The molecule has 0 aliphatic heterocycles. The lowest BCUT2D eigenvalue weighted by Gasteiger charge is -2.14. The minimum absolute atomic E-state index is 0.157. The largest absolute Gasteiger partial charge is 0.481 e. The highest BCUT2D eigenvalue weighted by Crippen LogP contribution is 2.04. The summed E-state index contributed by atoms with van der Waals surface area (Å²) in [5, 5.41) is 16.6. The van der Waals surface area contributed by atoms with E-state index in [9.17, 15) is 19.2 Å². The lowest BCUT2D eigenvalue weighted by atomic mass is 10.1. The summed E-state index contributed by atoms with van der Waals surface area (Å²) < 4.78 is 16.2. The van der Waals surface area contributed by atoms with Gasteiger partial charge in [-0.3, -0.25) is 19.2 Å². The Hall–Kier alpha value is -2.54. The van der Waals surface area contributed by atoms with Crippen LogP contribution in [0.4, 0.5) is 0 Å². The van der Waals surface area contributed by atoms with Crippen molar-refractivity contribution in [3.8, 4) is 0 Å². The van der Waals surface area contributed by atoms with Crippen molar-refractivity contribution in [1.82, 2.24) is 16.0 Å². The number of nitrogens with two attached hydrogens (primary N) is 1. The summed E-state index contributed by atoms with van der Waals surface area (Å²) in [6.07, 6.45) is 3.13. The van der Waals surface area contributed by atoms with Gasteiger partial charge in [0.15, 0.2) is 0 Å². The van der Waals surface area contributed by atoms with E-state index in [-0.39, 0.29) is 24.8 Å². The van der Waals surface area contributed by atoms with Gasteiger partial charge in [0.25, 0.3) is 0 Å². The van der Waals surface area contributed by atoms with Crippen molar-refractivity contribution in [2.24, 2.45) is 11.7 Å².